The molecule has 8 aromatic carbocycles. The highest BCUT2D eigenvalue weighted by Crippen LogP contribution is 2.39. The van der Waals surface area contributed by atoms with Gasteiger partial charge in [0.2, 0.25) is 0 Å². The number of nitro benzene ring substituents is 2. The number of nitrogens with zero attached hydrogens (tertiary/aromatic N) is 4. The van der Waals surface area contributed by atoms with Gasteiger partial charge in [-0.2, -0.15) is 0 Å². The van der Waals surface area contributed by atoms with Crippen molar-refractivity contribution in [1.29, 1.82) is 0 Å². The maximum atomic E-state index is 14.7. The second-order valence-corrected chi connectivity index (χ2v) is 17.1. The van der Waals surface area contributed by atoms with E-state index in [1.165, 1.54) is 24.3 Å². The van der Waals surface area contributed by atoms with Crippen molar-refractivity contribution in [2.24, 2.45) is 0 Å². The van der Waals surface area contributed by atoms with Crippen molar-refractivity contribution in [2.45, 2.75) is 22.3 Å². The lowest BCUT2D eigenvalue weighted by molar-refractivity contribution is -0.384. The van der Waals surface area contributed by atoms with Gasteiger partial charge in [0.15, 0.2) is 0 Å². The van der Waals surface area contributed by atoms with Crippen LogP contribution in [0, 0.1) is 43.5 Å². The van der Waals surface area contributed by atoms with Crippen LogP contribution in [0.5, 0.6) is 0 Å². The summed E-state index contributed by atoms with van der Waals surface area (Å²) in [6, 6.07) is 44.3. The Morgan fingerprint density at radius 2 is 0.768 bits per heavy atom. The maximum Gasteiger partial charge on any atom is 0.495 e. The molecule has 2 aromatic heterocycles. The fraction of sp³-hybridized carbons (Fsp3) is 0.0588. The Kier molecular flexibility index (Phi) is 17.1. The first-order valence-electron chi connectivity index (χ1n) is 19.5. The lowest BCUT2D eigenvalue weighted by atomic mass is 9.78. The molecule has 2 heterocycles. The van der Waals surface area contributed by atoms with Gasteiger partial charge in [0, 0.05) is 50.6 Å². The third-order valence-corrected chi connectivity index (χ3v) is 12.4. The molecule has 69 heavy (non-hydrogen) atoms. The summed E-state index contributed by atoms with van der Waals surface area (Å²) in [6.07, 6.45) is 0. The lowest BCUT2D eigenvalue weighted by Crippen LogP contribution is -2.32. The van der Waals surface area contributed by atoms with Crippen LogP contribution in [0.4, 0.5) is 28.9 Å². The molecule has 0 saturated carbocycles. The van der Waals surface area contributed by atoms with Crippen LogP contribution in [0.3, 0.4) is 0 Å². The van der Waals surface area contributed by atoms with E-state index < -0.39 is 40.2 Å². The van der Waals surface area contributed by atoms with E-state index in [0.29, 0.717) is 11.4 Å². The lowest BCUT2D eigenvalue weighted by Gasteiger charge is -2.12. The summed E-state index contributed by atoms with van der Waals surface area (Å²) in [6.45, 7) is 0. The molecule has 352 valence electrons. The number of fused-ring (bicyclic) bond motifs is 6. The predicted octanol–water partition coefficient (Wildman–Crippen LogP) is 15.2. The van der Waals surface area contributed by atoms with E-state index in [2.05, 4.69) is 47.8 Å². The van der Waals surface area contributed by atoms with Gasteiger partial charge in [-0.05, 0) is 121 Å². The molecule has 0 aliphatic heterocycles. The van der Waals surface area contributed by atoms with Gasteiger partial charge >= 0.3 is 7.12 Å². The van der Waals surface area contributed by atoms with Gasteiger partial charge in [0.25, 0.3) is 11.4 Å². The molecule has 0 aliphatic rings. The van der Waals surface area contributed by atoms with Gasteiger partial charge in [-0.3, -0.25) is 20.2 Å². The average Bonchev–Trinajstić information content (AvgIpc) is 3.83. The number of aromatic nitrogens is 2. The first kappa shape index (κ1) is 53.3. The van der Waals surface area contributed by atoms with Crippen molar-refractivity contribution in [1.82, 2.24) is 9.13 Å². The minimum absolute atomic E-state index is 0. The van der Waals surface area contributed by atoms with Crippen LogP contribution in [-0.4, -0.2) is 36.1 Å². The molecule has 0 spiro atoms. The minimum atomic E-state index is -1.92. The molecule has 10 rings (SSSR count). The van der Waals surface area contributed by atoms with Gasteiger partial charge in [0.05, 0.1) is 56.4 Å². The van der Waals surface area contributed by atoms with Crippen molar-refractivity contribution in [3.05, 3.63) is 215 Å². The molecule has 0 radical (unpaired) electrons. The second kappa shape index (κ2) is 22.2. The van der Waals surface area contributed by atoms with Gasteiger partial charge in [-0.1, -0.05) is 95.1 Å². The van der Waals surface area contributed by atoms with Gasteiger partial charge < -0.3 is 19.2 Å². The van der Waals surface area contributed by atoms with Gasteiger partial charge in [0.1, 0.15) is 23.3 Å². The summed E-state index contributed by atoms with van der Waals surface area (Å²) < 4.78 is 58.1. The third-order valence-electron chi connectivity index (χ3n) is 10.6. The van der Waals surface area contributed by atoms with Crippen LogP contribution < -0.4 is 5.46 Å². The van der Waals surface area contributed by atoms with Crippen molar-refractivity contribution in [2.75, 3.05) is 0 Å². The molecule has 0 saturated heterocycles. The zero-order valence-electron chi connectivity index (χ0n) is 33.6. The molecule has 10 aromatic rings. The zero-order valence-corrected chi connectivity index (χ0v) is 38.3. The van der Waals surface area contributed by atoms with Gasteiger partial charge in [-0.15, -0.1) is 0 Å². The van der Waals surface area contributed by atoms with E-state index in [1.54, 1.807) is 12.1 Å². The molecule has 18 heteroatoms. The van der Waals surface area contributed by atoms with E-state index in [0.717, 1.165) is 67.9 Å². The highest BCUT2D eigenvalue weighted by atomic mass is 79.9. The average molecular weight is 1130 g/mol. The summed E-state index contributed by atoms with van der Waals surface area (Å²) in [7, 11) is -1.92. The molecule has 0 amide bonds. The highest BCUT2D eigenvalue weighted by Gasteiger charge is 2.26. The van der Waals surface area contributed by atoms with Crippen LogP contribution in [-0.2, 0) is 0 Å². The largest absolute Gasteiger partial charge is 0.495 e. The SMILES string of the molecule is C.C.C.Fc1cc(Br)c(F)cc1Br.O=[N+]([O-])c1ccc(-n2c3ccccc3c3ccccc32)cc1-c1cc(F)c(Br)cc1F.O=[N+]([O-])c1ccc(-n2c3ccccc3c3ccccc32)cc1B(O)O. The molecule has 2 N–H and O–H groups in total. The van der Waals surface area contributed by atoms with E-state index >= 15 is 0 Å². The monoisotopic (exact) mass is 1130 g/mol. The Bertz CT molecular complexity index is 3400. The van der Waals surface area contributed by atoms with Crippen molar-refractivity contribution < 1.29 is 37.5 Å². The summed E-state index contributed by atoms with van der Waals surface area (Å²) in [5, 5.41) is 46.0. The van der Waals surface area contributed by atoms with Crippen LogP contribution in [0.2, 0.25) is 0 Å². The fourth-order valence-corrected chi connectivity index (χ4v) is 8.67. The minimum Gasteiger partial charge on any atom is -0.423 e. The Morgan fingerprint density at radius 1 is 0.435 bits per heavy atom. The summed E-state index contributed by atoms with van der Waals surface area (Å²) in [5.41, 5.74) is 4.02. The van der Waals surface area contributed by atoms with Crippen LogP contribution in [0.1, 0.15) is 22.3 Å². The number of para-hydroxylation sites is 4. The smallest absolute Gasteiger partial charge is 0.423 e. The number of rotatable bonds is 6. The number of halogens is 7. The molecule has 10 nitrogen and oxygen atoms in total. The number of benzene rings is 8. The molecular formula is C51H40BBr3F4N4O6. The van der Waals surface area contributed by atoms with Crippen molar-refractivity contribution in [3.8, 4) is 22.5 Å². The highest BCUT2D eigenvalue weighted by molar-refractivity contribution is 9.11. The summed E-state index contributed by atoms with van der Waals surface area (Å²) in [5.74, 6) is -2.41. The van der Waals surface area contributed by atoms with Crippen LogP contribution >= 0.6 is 47.8 Å². The zero-order chi connectivity index (χ0) is 47.0. The first-order chi connectivity index (χ1) is 31.6. The van der Waals surface area contributed by atoms with Crippen LogP contribution in [0.15, 0.2) is 171 Å². The quantitative estimate of drug-likeness (QED) is 0.0559. The Morgan fingerprint density at radius 3 is 1.14 bits per heavy atom. The van der Waals surface area contributed by atoms with E-state index in [4.69, 9.17) is 0 Å². The molecule has 0 fully saturated rings. The van der Waals surface area contributed by atoms with E-state index in [1.807, 2.05) is 106 Å². The normalized spacial score (nSPS) is 10.6. The van der Waals surface area contributed by atoms with Crippen LogP contribution in [0.25, 0.3) is 66.1 Å². The summed E-state index contributed by atoms with van der Waals surface area (Å²) >= 11 is 8.64. The molecular weight excluding hydrogens is 1090 g/mol. The van der Waals surface area contributed by atoms with Gasteiger partial charge in [-0.25, -0.2) is 17.6 Å². The Balaban J connectivity index is 0.000000210. The second-order valence-electron chi connectivity index (χ2n) is 14.5. The summed E-state index contributed by atoms with van der Waals surface area (Å²) in [4.78, 5) is 21.6. The van der Waals surface area contributed by atoms with E-state index in [-0.39, 0.29) is 63.7 Å². The van der Waals surface area contributed by atoms with Crippen molar-refractivity contribution >= 4 is 115 Å². The Labute approximate surface area is 418 Å². The number of hydrogen-bond donors (Lipinski definition) is 2. The van der Waals surface area contributed by atoms with Crippen molar-refractivity contribution in [3.63, 3.8) is 0 Å². The maximum absolute atomic E-state index is 14.7. The Hall–Kier alpha value is -6.70. The first-order valence-corrected chi connectivity index (χ1v) is 21.9. The standard InChI is InChI=1S/C24H13BrF2N2O2.C18H13BN2O4.C6H2Br2F2.3CH4/c25-19-13-20(26)17(12-21(19)27)18-11-14(9-10-24(18)29(30)31)28-22-7-3-1-5-15(22)16-6-2-4-8-23(16)28;22-19(23)15-11-12(9-10-18(15)21(24)25)20-16-7-3-1-5-13(16)14-6-2-4-8-17(14)20;7-3-1-5(9)4(8)2-6(3)10;;;/h1-13H;1-11,22-23H;1-2H;3*1H4. The molecule has 0 bridgehead atoms. The fourth-order valence-electron chi connectivity index (χ4n) is 7.72. The molecule has 0 unspecified atom stereocenters. The molecule has 0 aliphatic carbocycles. The van der Waals surface area contributed by atoms with E-state index in [9.17, 15) is 47.8 Å². The predicted molar refractivity (Wildman–Crippen MR) is 280 cm³/mol. The molecule has 0 atom stereocenters. The topological polar surface area (TPSA) is 137 Å². The number of hydrogen-bond acceptors (Lipinski definition) is 6. The third kappa shape index (κ3) is 10.5. The number of nitro groups is 2.